The van der Waals surface area contributed by atoms with Gasteiger partial charge < -0.3 is 10.6 Å². The first-order valence-electron chi connectivity index (χ1n) is 6.76. The molecule has 3 nitrogen and oxygen atoms in total. The lowest BCUT2D eigenvalue weighted by atomic mass is 10.1. The molecule has 0 saturated carbocycles. The van der Waals surface area contributed by atoms with E-state index in [9.17, 15) is 0 Å². The second kappa shape index (κ2) is 4.67. The Morgan fingerprint density at radius 2 is 2.05 bits per heavy atom. The van der Waals surface area contributed by atoms with Crippen LogP contribution in [0.15, 0.2) is 42.6 Å². The van der Waals surface area contributed by atoms with Gasteiger partial charge in [0.2, 0.25) is 0 Å². The summed E-state index contributed by atoms with van der Waals surface area (Å²) in [5.41, 5.74) is 9.83. The maximum Gasteiger partial charge on any atom is 0.137 e. The van der Waals surface area contributed by atoms with Gasteiger partial charge in [0, 0.05) is 29.5 Å². The molecule has 19 heavy (non-hydrogen) atoms. The van der Waals surface area contributed by atoms with Crippen molar-refractivity contribution in [3.05, 3.63) is 53.7 Å². The number of fused-ring (bicyclic) bond motifs is 1. The molecule has 1 aliphatic rings. The maximum atomic E-state index is 6.08. The molecule has 0 fully saturated rings. The van der Waals surface area contributed by atoms with Gasteiger partial charge in [-0.15, -0.1) is 0 Å². The molecular formula is C16H19N3. The van der Waals surface area contributed by atoms with Crippen LogP contribution in [0, 0.1) is 0 Å². The predicted octanol–water partition coefficient (Wildman–Crippen LogP) is 3.18. The lowest BCUT2D eigenvalue weighted by Crippen LogP contribution is -2.27. The zero-order valence-corrected chi connectivity index (χ0v) is 11.4. The van der Waals surface area contributed by atoms with E-state index in [1.807, 2.05) is 19.2 Å². The van der Waals surface area contributed by atoms with Gasteiger partial charge in [0.1, 0.15) is 5.82 Å². The summed E-state index contributed by atoms with van der Waals surface area (Å²) < 4.78 is 0. The normalized spacial score (nSPS) is 19.3. The maximum absolute atomic E-state index is 6.08. The molecule has 0 spiro atoms. The van der Waals surface area contributed by atoms with Crippen molar-refractivity contribution in [3.63, 3.8) is 0 Å². The highest BCUT2D eigenvalue weighted by atomic mass is 15.2. The molecule has 3 rings (SSSR count). The van der Waals surface area contributed by atoms with Gasteiger partial charge in [-0.2, -0.15) is 0 Å². The summed E-state index contributed by atoms with van der Waals surface area (Å²) >= 11 is 0. The van der Waals surface area contributed by atoms with E-state index in [0.29, 0.717) is 6.04 Å². The Kier molecular flexibility index (Phi) is 2.99. The van der Waals surface area contributed by atoms with Gasteiger partial charge in [0.05, 0.1) is 0 Å². The summed E-state index contributed by atoms with van der Waals surface area (Å²) in [5, 5.41) is 0. The third-order valence-electron chi connectivity index (χ3n) is 3.74. The van der Waals surface area contributed by atoms with E-state index in [1.54, 1.807) is 0 Å². The summed E-state index contributed by atoms with van der Waals surface area (Å²) in [7, 11) is 0. The SMILES string of the molecule is CC(N)c1cccnc1N1c2ccccc2CC1C. The summed E-state index contributed by atoms with van der Waals surface area (Å²) in [6.07, 6.45) is 2.90. The molecule has 2 heterocycles. The van der Waals surface area contributed by atoms with E-state index in [1.165, 1.54) is 11.3 Å². The van der Waals surface area contributed by atoms with E-state index >= 15 is 0 Å². The highest BCUT2D eigenvalue weighted by Crippen LogP contribution is 2.39. The number of pyridine rings is 1. The minimum atomic E-state index is -0.0105. The van der Waals surface area contributed by atoms with Crippen LogP contribution in [-0.4, -0.2) is 11.0 Å². The smallest absolute Gasteiger partial charge is 0.137 e. The van der Waals surface area contributed by atoms with Crippen LogP contribution in [0.4, 0.5) is 11.5 Å². The van der Waals surface area contributed by atoms with Crippen LogP contribution in [0.1, 0.15) is 31.0 Å². The summed E-state index contributed by atoms with van der Waals surface area (Å²) in [5.74, 6) is 0.995. The minimum Gasteiger partial charge on any atom is -0.324 e. The van der Waals surface area contributed by atoms with Gasteiger partial charge in [0.25, 0.3) is 0 Å². The van der Waals surface area contributed by atoms with Crippen molar-refractivity contribution in [2.75, 3.05) is 4.90 Å². The quantitative estimate of drug-likeness (QED) is 0.893. The third-order valence-corrected chi connectivity index (χ3v) is 3.74. The first-order chi connectivity index (χ1) is 9.18. The fraction of sp³-hybridized carbons (Fsp3) is 0.312. The Labute approximate surface area is 114 Å². The van der Waals surface area contributed by atoms with Crippen molar-refractivity contribution in [1.82, 2.24) is 4.98 Å². The second-order valence-electron chi connectivity index (χ2n) is 5.26. The Bertz CT molecular complexity index is 592. The number of nitrogens with two attached hydrogens (primary N) is 1. The number of rotatable bonds is 2. The van der Waals surface area contributed by atoms with Gasteiger partial charge >= 0.3 is 0 Å². The van der Waals surface area contributed by atoms with Crippen molar-refractivity contribution < 1.29 is 0 Å². The molecule has 2 N–H and O–H groups in total. The zero-order chi connectivity index (χ0) is 13.4. The van der Waals surface area contributed by atoms with Gasteiger partial charge in [-0.25, -0.2) is 4.98 Å². The molecule has 0 bridgehead atoms. The highest BCUT2D eigenvalue weighted by molar-refractivity contribution is 5.70. The largest absolute Gasteiger partial charge is 0.324 e. The average Bonchev–Trinajstić information content (AvgIpc) is 2.74. The van der Waals surface area contributed by atoms with E-state index in [-0.39, 0.29) is 6.04 Å². The molecule has 3 heteroatoms. The van der Waals surface area contributed by atoms with Crippen LogP contribution in [0.3, 0.4) is 0 Å². The van der Waals surface area contributed by atoms with Gasteiger partial charge in [-0.3, -0.25) is 0 Å². The van der Waals surface area contributed by atoms with Crippen molar-refractivity contribution >= 4 is 11.5 Å². The number of nitrogens with zero attached hydrogens (tertiary/aromatic N) is 2. The van der Waals surface area contributed by atoms with E-state index in [0.717, 1.165) is 17.8 Å². The van der Waals surface area contributed by atoms with Crippen LogP contribution in [-0.2, 0) is 6.42 Å². The molecule has 2 atom stereocenters. The van der Waals surface area contributed by atoms with Crippen molar-refractivity contribution in [2.24, 2.45) is 5.73 Å². The van der Waals surface area contributed by atoms with Crippen LogP contribution >= 0.6 is 0 Å². The Balaban J connectivity index is 2.13. The number of benzene rings is 1. The molecule has 0 aliphatic carbocycles. The Morgan fingerprint density at radius 1 is 1.26 bits per heavy atom. The van der Waals surface area contributed by atoms with Gasteiger partial charge in [0.15, 0.2) is 0 Å². The molecular weight excluding hydrogens is 234 g/mol. The van der Waals surface area contributed by atoms with Crippen LogP contribution in [0.25, 0.3) is 0 Å². The highest BCUT2D eigenvalue weighted by Gasteiger charge is 2.29. The number of aromatic nitrogens is 1. The summed E-state index contributed by atoms with van der Waals surface area (Å²) in [6.45, 7) is 4.24. The third kappa shape index (κ3) is 2.00. The first-order valence-corrected chi connectivity index (χ1v) is 6.76. The topological polar surface area (TPSA) is 42.1 Å². The molecule has 1 aliphatic heterocycles. The number of para-hydroxylation sites is 1. The van der Waals surface area contributed by atoms with Gasteiger partial charge in [-0.1, -0.05) is 24.3 Å². The molecule has 0 amide bonds. The summed E-state index contributed by atoms with van der Waals surface area (Å²) in [6, 6.07) is 13.0. The van der Waals surface area contributed by atoms with E-state index < -0.39 is 0 Å². The Morgan fingerprint density at radius 3 is 2.84 bits per heavy atom. The second-order valence-corrected chi connectivity index (χ2v) is 5.26. The fourth-order valence-corrected chi connectivity index (χ4v) is 2.85. The molecule has 0 saturated heterocycles. The Hall–Kier alpha value is -1.87. The van der Waals surface area contributed by atoms with Crippen molar-refractivity contribution in [2.45, 2.75) is 32.4 Å². The molecule has 1 aromatic carbocycles. The molecule has 0 radical (unpaired) electrons. The fourth-order valence-electron chi connectivity index (χ4n) is 2.85. The zero-order valence-electron chi connectivity index (χ0n) is 11.4. The number of hydrogen-bond donors (Lipinski definition) is 1. The van der Waals surface area contributed by atoms with E-state index in [4.69, 9.17) is 5.73 Å². The monoisotopic (exact) mass is 253 g/mol. The molecule has 2 unspecified atom stereocenters. The van der Waals surface area contributed by atoms with E-state index in [2.05, 4.69) is 47.1 Å². The summed E-state index contributed by atoms with van der Waals surface area (Å²) in [4.78, 5) is 6.89. The first kappa shape index (κ1) is 12.2. The number of anilines is 2. The van der Waals surface area contributed by atoms with Crippen molar-refractivity contribution in [3.8, 4) is 0 Å². The standard InChI is InChI=1S/C16H19N3/c1-11-10-13-6-3-4-8-15(13)19(11)16-14(12(2)17)7-5-9-18-16/h3-9,11-12H,10,17H2,1-2H3. The minimum absolute atomic E-state index is 0.0105. The number of hydrogen-bond acceptors (Lipinski definition) is 3. The van der Waals surface area contributed by atoms with Crippen LogP contribution < -0.4 is 10.6 Å². The van der Waals surface area contributed by atoms with Gasteiger partial charge in [-0.05, 0) is 38.0 Å². The van der Waals surface area contributed by atoms with Crippen LogP contribution in [0.5, 0.6) is 0 Å². The molecule has 98 valence electrons. The van der Waals surface area contributed by atoms with Crippen molar-refractivity contribution in [1.29, 1.82) is 0 Å². The molecule has 2 aromatic rings. The van der Waals surface area contributed by atoms with Crippen LogP contribution in [0.2, 0.25) is 0 Å². The molecule has 1 aromatic heterocycles. The lowest BCUT2D eigenvalue weighted by molar-refractivity contribution is 0.732. The average molecular weight is 253 g/mol. The lowest BCUT2D eigenvalue weighted by Gasteiger charge is -2.27. The predicted molar refractivity (Wildman–Crippen MR) is 78.6 cm³/mol.